The molecule has 0 spiro atoms. The minimum absolute atomic E-state index is 0.0664. The molecule has 0 radical (unpaired) electrons. The quantitative estimate of drug-likeness (QED) is 0.112. The summed E-state index contributed by atoms with van der Waals surface area (Å²) < 4.78 is 24.4. The molecule has 2 saturated heterocycles. The Balaban J connectivity index is 1.14. The van der Waals surface area contributed by atoms with Crippen LogP contribution in [0.4, 0.5) is 0 Å². The van der Waals surface area contributed by atoms with E-state index in [1.165, 1.54) is 5.57 Å². The van der Waals surface area contributed by atoms with Gasteiger partial charge in [0.2, 0.25) is 0 Å². The largest absolute Gasteiger partial charge is 0.512 e. The Morgan fingerprint density at radius 2 is 1.47 bits per heavy atom. The summed E-state index contributed by atoms with van der Waals surface area (Å²) in [4.78, 5) is 0. The molecule has 5 aliphatic carbocycles. The van der Waals surface area contributed by atoms with Crippen LogP contribution in [0.5, 0.6) is 0 Å². The van der Waals surface area contributed by atoms with Crippen molar-refractivity contribution in [3.05, 3.63) is 24.5 Å². The second-order valence-corrected chi connectivity index (χ2v) is 19.7. The van der Waals surface area contributed by atoms with Crippen LogP contribution in [0.1, 0.15) is 106 Å². The molecular weight excluding hydrogens is 680 g/mol. The summed E-state index contributed by atoms with van der Waals surface area (Å²) in [6, 6.07) is 0. The van der Waals surface area contributed by atoms with E-state index >= 15 is 0 Å². The first-order valence-electron chi connectivity index (χ1n) is 20.4. The monoisotopic (exact) mass is 748 g/mol. The highest BCUT2D eigenvalue weighted by Crippen LogP contribution is 2.78. The van der Waals surface area contributed by atoms with E-state index in [9.17, 15) is 35.7 Å². The molecule has 0 aromatic carbocycles. The lowest BCUT2D eigenvalue weighted by Crippen LogP contribution is -2.68. The lowest BCUT2D eigenvalue weighted by molar-refractivity contribution is -0.366. The van der Waals surface area contributed by atoms with Crippen LogP contribution in [0.3, 0.4) is 0 Å². The maximum atomic E-state index is 11.3. The predicted molar refractivity (Wildman–Crippen MR) is 196 cm³/mol. The number of hydrogen-bond donors (Lipinski definition) is 7. The molecule has 2 heterocycles. The molecule has 4 unspecified atom stereocenters. The number of ether oxygens (including phenoxy) is 4. The Hall–Kier alpha value is -1.12. The SMILES string of the molecule is C=C(C)C1CC[C@]2(C(=C)O)CC[C@]3(C)C(CCC4[C@@]5(C)CC[C@H](O[C@@H]6OC[C@H](O)[C@H](O)[C@H]6O[C@@H]6O[C@@H](C)[C@H](O)[C@@H](O)[C@H]6O)[C@@](C)(CO)[C@@H]5CC[C@]43C)C12. The van der Waals surface area contributed by atoms with E-state index in [0.29, 0.717) is 35.9 Å². The highest BCUT2D eigenvalue weighted by atomic mass is 16.8. The van der Waals surface area contributed by atoms with Gasteiger partial charge < -0.3 is 54.7 Å². The van der Waals surface area contributed by atoms with Crippen LogP contribution in [-0.2, 0) is 18.9 Å². The van der Waals surface area contributed by atoms with Gasteiger partial charge in [0, 0.05) is 10.8 Å². The molecule has 0 bridgehead atoms. The van der Waals surface area contributed by atoms with Crippen molar-refractivity contribution in [3.8, 4) is 0 Å². The van der Waals surface area contributed by atoms with Crippen molar-refractivity contribution in [2.45, 2.75) is 167 Å². The molecule has 0 aromatic heterocycles. The molecule has 0 amide bonds. The number of aliphatic hydroxyl groups is 7. The number of aliphatic hydroxyl groups excluding tert-OH is 7. The van der Waals surface area contributed by atoms with Gasteiger partial charge in [0.25, 0.3) is 0 Å². The van der Waals surface area contributed by atoms with E-state index < -0.39 is 66.8 Å². The fraction of sp³-hybridized carbons (Fsp3) is 0.905. The Morgan fingerprint density at radius 3 is 2.13 bits per heavy atom. The predicted octanol–water partition coefficient (Wildman–Crippen LogP) is 4.36. The first-order valence-corrected chi connectivity index (χ1v) is 20.4. The Morgan fingerprint density at radius 1 is 0.755 bits per heavy atom. The average molecular weight is 749 g/mol. The van der Waals surface area contributed by atoms with Gasteiger partial charge in [-0.1, -0.05) is 46.4 Å². The second-order valence-electron chi connectivity index (χ2n) is 19.7. The first kappa shape index (κ1) is 40.1. The summed E-state index contributed by atoms with van der Waals surface area (Å²) in [6.07, 6.45) is -2.55. The smallest absolute Gasteiger partial charge is 0.187 e. The van der Waals surface area contributed by atoms with E-state index in [-0.39, 0.29) is 40.8 Å². The van der Waals surface area contributed by atoms with Crippen LogP contribution in [0.2, 0.25) is 0 Å². The minimum atomic E-state index is -1.61. The van der Waals surface area contributed by atoms with Crippen LogP contribution in [-0.4, -0.2) is 110 Å². The standard InChI is InChI=1S/C42H68O11/c1-21(2)24-11-16-42(23(4)44)18-17-40(7)25(30(24)42)9-10-28-38(5)14-13-29(39(6,20-43)27(38)12-15-41(28,40)8)52-37-35(32(47)26(45)19-50-37)53-36-34(49)33(48)31(46)22(3)51-36/h22,24-37,43-49H,1,4,9-20H2,2-3,5-8H3/t22-,24?,25?,26-,27+,28?,29-,30?,31-,32-,33+,34+,35+,36-,37-,38-,39-,40+,41+,42+/m0/s1. The topological polar surface area (TPSA) is 179 Å². The molecule has 7 N–H and O–H groups in total. The van der Waals surface area contributed by atoms with E-state index in [1.807, 2.05) is 0 Å². The van der Waals surface area contributed by atoms with Crippen molar-refractivity contribution in [1.82, 2.24) is 0 Å². The van der Waals surface area contributed by atoms with E-state index in [4.69, 9.17) is 18.9 Å². The molecule has 2 aliphatic heterocycles. The average Bonchev–Trinajstić information content (AvgIpc) is 3.52. The number of allylic oxidation sites excluding steroid dienone is 2. The highest BCUT2D eigenvalue weighted by molar-refractivity contribution is 5.25. The van der Waals surface area contributed by atoms with Gasteiger partial charge in [-0.25, -0.2) is 0 Å². The van der Waals surface area contributed by atoms with E-state index in [0.717, 1.165) is 57.8 Å². The van der Waals surface area contributed by atoms with E-state index in [1.54, 1.807) is 6.92 Å². The third-order valence-corrected chi connectivity index (χ3v) is 17.6. The van der Waals surface area contributed by atoms with Crippen molar-refractivity contribution >= 4 is 0 Å². The molecule has 11 heteroatoms. The Bertz CT molecular complexity index is 1410. The second kappa shape index (κ2) is 13.8. The van der Waals surface area contributed by atoms with Crippen LogP contribution in [0.25, 0.3) is 0 Å². The normalized spacial score (nSPS) is 56.7. The van der Waals surface area contributed by atoms with Gasteiger partial charge in [-0.15, -0.1) is 0 Å². The van der Waals surface area contributed by atoms with Crippen molar-refractivity contribution in [2.75, 3.05) is 13.2 Å². The molecule has 7 fully saturated rings. The molecular formula is C42H68O11. The molecule has 7 rings (SSSR count). The van der Waals surface area contributed by atoms with Crippen molar-refractivity contribution in [1.29, 1.82) is 0 Å². The van der Waals surface area contributed by atoms with Gasteiger partial charge in [-0.2, -0.15) is 0 Å². The van der Waals surface area contributed by atoms with Crippen molar-refractivity contribution in [3.63, 3.8) is 0 Å². The highest BCUT2D eigenvalue weighted by Gasteiger charge is 2.72. The lowest BCUT2D eigenvalue weighted by atomic mass is 9.32. The molecule has 7 aliphatic rings. The molecule has 11 nitrogen and oxygen atoms in total. The summed E-state index contributed by atoms with van der Waals surface area (Å²) in [7, 11) is 0. The summed E-state index contributed by atoms with van der Waals surface area (Å²) in [5.41, 5.74) is 0.437. The first-order chi connectivity index (χ1) is 24.8. The van der Waals surface area contributed by atoms with Gasteiger partial charge in [-0.05, 0) is 124 Å². The molecule has 5 saturated carbocycles. The van der Waals surface area contributed by atoms with Crippen molar-refractivity contribution < 1.29 is 54.7 Å². The Kier molecular flexibility index (Phi) is 10.4. The van der Waals surface area contributed by atoms with Crippen LogP contribution in [0.15, 0.2) is 24.5 Å². The number of hydrogen-bond acceptors (Lipinski definition) is 11. The molecule has 20 atom stereocenters. The Labute approximate surface area is 315 Å². The summed E-state index contributed by atoms with van der Waals surface area (Å²) >= 11 is 0. The lowest BCUT2D eigenvalue weighted by Gasteiger charge is -2.73. The molecule has 53 heavy (non-hydrogen) atoms. The summed E-state index contributed by atoms with van der Waals surface area (Å²) in [5.74, 6) is 2.16. The maximum Gasteiger partial charge on any atom is 0.187 e. The summed E-state index contributed by atoms with van der Waals surface area (Å²) in [6.45, 7) is 21.7. The van der Waals surface area contributed by atoms with Gasteiger partial charge >= 0.3 is 0 Å². The fourth-order valence-corrected chi connectivity index (χ4v) is 14.3. The van der Waals surface area contributed by atoms with Crippen LogP contribution < -0.4 is 0 Å². The zero-order valence-electron chi connectivity index (χ0n) is 32.8. The fourth-order valence-electron chi connectivity index (χ4n) is 14.3. The molecule has 0 aromatic rings. The van der Waals surface area contributed by atoms with Gasteiger partial charge in [-0.3, -0.25) is 0 Å². The third kappa shape index (κ3) is 5.71. The summed E-state index contributed by atoms with van der Waals surface area (Å²) in [5, 5.41) is 75.4. The van der Waals surface area contributed by atoms with Gasteiger partial charge in [0.15, 0.2) is 12.6 Å². The van der Waals surface area contributed by atoms with Crippen molar-refractivity contribution in [2.24, 2.45) is 56.7 Å². The zero-order valence-corrected chi connectivity index (χ0v) is 32.8. The van der Waals surface area contributed by atoms with Crippen LogP contribution in [0, 0.1) is 56.7 Å². The van der Waals surface area contributed by atoms with Gasteiger partial charge in [0.1, 0.15) is 36.6 Å². The number of fused-ring (bicyclic) bond motifs is 7. The van der Waals surface area contributed by atoms with E-state index in [2.05, 4.69) is 47.8 Å². The minimum Gasteiger partial charge on any atom is -0.512 e. The molecule has 302 valence electrons. The van der Waals surface area contributed by atoms with Gasteiger partial charge in [0.05, 0.1) is 31.2 Å². The maximum absolute atomic E-state index is 11.3. The number of rotatable bonds is 7. The van der Waals surface area contributed by atoms with Crippen LogP contribution >= 0.6 is 0 Å². The third-order valence-electron chi connectivity index (χ3n) is 17.6. The zero-order chi connectivity index (χ0) is 38.6.